The van der Waals surface area contributed by atoms with E-state index in [-0.39, 0.29) is 35.0 Å². The van der Waals surface area contributed by atoms with Crippen molar-refractivity contribution < 1.29 is 24.6 Å². The maximum absolute atomic E-state index is 14.5. The number of aliphatic hydroxyl groups is 1. The Balaban J connectivity index is 1.53. The van der Waals surface area contributed by atoms with Crippen molar-refractivity contribution in [2.75, 3.05) is 24.6 Å². The van der Waals surface area contributed by atoms with E-state index in [1.807, 2.05) is 42.5 Å². The molecule has 2 aromatic carbocycles. The number of alkyl halides is 1. The summed E-state index contributed by atoms with van der Waals surface area (Å²) in [6.45, 7) is 4.68. The first-order valence-corrected chi connectivity index (χ1v) is 15.0. The molecule has 0 radical (unpaired) electrons. The maximum atomic E-state index is 14.5. The van der Waals surface area contributed by atoms with Crippen molar-refractivity contribution in [3.8, 4) is 0 Å². The van der Waals surface area contributed by atoms with Gasteiger partial charge in [-0.2, -0.15) is 0 Å². The van der Waals surface area contributed by atoms with Crippen LogP contribution in [0.4, 0.5) is 5.69 Å². The number of hydrogen-bond acceptors (Lipinski definition) is 5. The van der Waals surface area contributed by atoms with E-state index in [1.165, 1.54) is 11.8 Å². The zero-order chi connectivity index (χ0) is 27.0. The molecule has 2 aromatic rings. The van der Waals surface area contributed by atoms with Gasteiger partial charge in [-0.3, -0.25) is 14.4 Å². The number of aliphatic carboxylic acids is 1. The molecule has 3 fully saturated rings. The number of nitrogens with zero attached hydrogens (tertiary/aromatic N) is 2. The average Bonchev–Trinajstić information content (AvgIpc) is 3.50. The van der Waals surface area contributed by atoms with E-state index >= 15 is 0 Å². The highest BCUT2D eigenvalue weighted by atomic mass is 79.9. The summed E-state index contributed by atoms with van der Waals surface area (Å²) in [6, 6.07) is 13.1. The number of amides is 2. The number of fused-ring (bicyclic) bond motifs is 2. The first-order valence-electron chi connectivity index (χ1n) is 13.2. The lowest BCUT2D eigenvalue weighted by Crippen LogP contribution is -2.55. The molecule has 3 unspecified atom stereocenters. The number of benzene rings is 2. The number of rotatable bonds is 11. The second kappa shape index (κ2) is 11.0. The quantitative estimate of drug-likeness (QED) is 0.224. The first-order chi connectivity index (χ1) is 18.3. The van der Waals surface area contributed by atoms with Gasteiger partial charge in [-0.15, -0.1) is 18.3 Å². The van der Waals surface area contributed by atoms with E-state index in [4.69, 9.17) is 5.11 Å². The van der Waals surface area contributed by atoms with Crippen molar-refractivity contribution >= 4 is 61.9 Å². The molecule has 3 aliphatic rings. The van der Waals surface area contributed by atoms with Gasteiger partial charge in [0, 0.05) is 35.5 Å². The van der Waals surface area contributed by atoms with E-state index in [0.717, 1.165) is 29.3 Å². The van der Waals surface area contributed by atoms with Crippen LogP contribution in [0.3, 0.4) is 0 Å². The highest BCUT2D eigenvalue weighted by Crippen LogP contribution is 2.67. The summed E-state index contributed by atoms with van der Waals surface area (Å²) in [5.74, 6) is -2.93. The third kappa shape index (κ3) is 4.46. The monoisotopic (exact) mass is 600 g/mol. The highest BCUT2D eigenvalue weighted by Gasteiger charge is 2.76. The minimum Gasteiger partial charge on any atom is -0.481 e. The van der Waals surface area contributed by atoms with E-state index in [2.05, 4.69) is 22.5 Å². The van der Waals surface area contributed by atoms with E-state index < -0.39 is 28.6 Å². The maximum Gasteiger partial charge on any atom is 0.308 e. The van der Waals surface area contributed by atoms with E-state index in [0.29, 0.717) is 25.8 Å². The third-order valence-corrected chi connectivity index (χ3v) is 11.5. The van der Waals surface area contributed by atoms with E-state index in [1.54, 1.807) is 15.9 Å². The molecule has 0 aromatic heterocycles. The SMILES string of the molecule is C=CCN(C(=O)C1N(CCCCCCO)C(=O)[C@@H]2[C@H](C(=O)O)[C@H]3SC12CC3Br)c1ccc2ccccc2c1. The Morgan fingerprint density at radius 1 is 1.16 bits per heavy atom. The Labute approximate surface area is 235 Å². The van der Waals surface area contributed by atoms with Crippen molar-refractivity contribution in [3.63, 3.8) is 0 Å². The van der Waals surface area contributed by atoms with Crippen molar-refractivity contribution in [1.82, 2.24) is 4.90 Å². The fourth-order valence-corrected chi connectivity index (χ4v) is 10.2. The number of carboxylic acids is 1. The molecule has 7 nitrogen and oxygen atoms in total. The third-order valence-electron chi connectivity index (χ3n) is 8.24. The summed E-state index contributed by atoms with van der Waals surface area (Å²) in [4.78, 5) is 44.1. The highest BCUT2D eigenvalue weighted by molar-refractivity contribution is 9.09. The molecule has 2 bridgehead atoms. The van der Waals surface area contributed by atoms with Crippen molar-refractivity contribution in [2.45, 2.75) is 53.0 Å². The molecule has 0 saturated carbocycles. The number of carboxylic acid groups (broad SMARTS) is 1. The van der Waals surface area contributed by atoms with Gasteiger partial charge < -0.3 is 20.0 Å². The van der Waals surface area contributed by atoms with Gasteiger partial charge in [0.1, 0.15) is 6.04 Å². The van der Waals surface area contributed by atoms with Gasteiger partial charge in [0.05, 0.1) is 16.6 Å². The molecular formula is C29H33BrN2O5S. The number of hydrogen-bond donors (Lipinski definition) is 2. The van der Waals surface area contributed by atoms with Gasteiger partial charge in [0.25, 0.3) is 5.91 Å². The summed E-state index contributed by atoms with van der Waals surface area (Å²) in [5.41, 5.74) is 0.728. The van der Waals surface area contributed by atoms with Gasteiger partial charge in [-0.1, -0.05) is 65.2 Å². The van der Waals surface area contributed by atoms with Gasteiger partial charge >= 0.3 is 5.97 Å². The second-order valence-electron chi connectivity index (χ2n) is 10.4. The standard InChI is InChI=1S/C29H33BrN2O5S/c1-2-13-31(20-12-11-18-9-5-6-10-19(18)16-20)27(35)25-29-17-21(30)24(38-29)22(28(36)37)23(29)26(34)32(25)14-7-3-4-8-15-33/h2,5-6,9-12,16,21-25,33H,1,3-4,7-8,13-15,17H2,(H,36,37)/t21?,22-,23-,24-,25?,29?/m0/s1. The number of thioether (sulfide) groups is 1. The number of carbonyl (C=O) groups excluding carboxylic acids is 2. The summed E-state index contributed by atoms with van der Waals surface area (Å²) < 4.78 is -0.794. The molecule has 3 heterocycles. The lowest BCUT2D eigenvalue weighted by molar-refractivity contribution is -0.148. The van der Waals surface area contributed by atoms with Crippen LogP contribution < -0.4 is 4.90 Å². The second-order valence-corrected chi connectivity index (χ2v) is 13.2. The molecule has 2 N–H and O–H groups in total. The predicted molar refractivity (Wildman–Crippen MR) is 154 cm³/mol. The van der Waals surface area contributed by atoms with Crippen LogP contribution >= 0.6 is 27.7 Å². The number of likely N-dealkylation sites (tertiary alicyclic amines) is 1. The zero-order valence-corrected chi connectivity index (χ0v) is 23.6. The average molecular weight is 602 g/mol. The lowest BCUT2D eigenvalue weighted by Gasteiger charge is -2.37. The molecule has 38 heavy (non-hydrogen) atoms. The number of anilines is 1. The summed E-state index contributed by atoms with van der Waals surface area (Å²) in [7, 11) is 0. The number of unbranched alkanes of at least 4 members (excludes halogenated alkanes) is 3. The topological polar surface area (TPSA) is 98.2 Å². The summed E-state index contributed by atoms with van der Waals surface area (Å²) in [6.07, 6.45) is 5.30. The van der Waals surface area contributed by atoms with Crippen LogP contribution in [-0.4, -0.2) is 73.5 Å². The molecule has 202 valence electrons. The van der Waals surface area contributed by atoms with Crippen molar-refractivity contribution in [2.24, 2.45) is 11.8 Å². The van der Waals surface area contributed by atoms with Crippen LogP contribution in [0.5, 0.6) is 0 Å². The normalized spacial score (nSPS) is 29.6. The fraction of sp³-hybridized carbons (Fsp3) is 0.483. The van der Waals surface area contributed by atoms with Crippen molar-refractivity contribution in [3.05, 3.63) is 55.1 Å². The van der Waals surface area contributed by atoms with Crippen LogP contribution in [0.15, 0.2) is 55.1 Å². The number of halogens is 1. The molecule has 1 spiro atoms. The largest absolute Gasteiger partial charge is 0.481 e. The minimum absolute atomic E-state index is 0.0778. The van der Waals surface area contributed by atoms with Gasteiger partial charge in [-0.25, -0.2) is 0 Å². The van der Waals surface area contributed by atoms with Crippen LogP contribution in [0.2, 0.25) is 0 Å². The summed E-state index contributed by atoms with van der Waals surface area (Å²) in [5, 5.41) is 21.1. The molecule has 2 amide bonds. The molecule has 5 rings (SSSR count). The summed E-state index contributed by atoms with van der Waals surface area (Å²) >= 11 is 5.22. The van der Waals surface area contributed by atoms with E-state index in [9.17, 15) is 19.5 Å². The fourth-order valence-electron chi connectivity index (χ4n) is 6.62. The Morgan fingerprint density at radius 3 is 2.61 bits per heavy atom. The smallest absolute Gasteiger partial charge is 0.308 e. The lowest BCUT2D eigenvalue weighted by atomic mass is 9.71. The molecule has 9 heteroatoms. The Morgan fingerprint density at radius 2 is 1.89 bits per heavy atom. The van der Waals surface area contributed by atoms with Crippen LogP contribution in [0.1, 0.15) is 32.1 Å². The van der Waals surface area contributed by atoms with Gasteiger partial charge in [-0.05, 0) is 42.2 Å². The van der Waals surface area contributed by atoms with Gasteiger partial charge in [0.2, 0.25) is 5.91 Å². The Hall–Kier alpha value is -2.36. The number of carbonyl (C=O) groups is 3. The van der Waals surface area contributed by atoms with Crippen molar-refractivity contribution in [1.29, 1.82) is 0 Å². The Bertz CT molecular complexity index is 1260. The molecule has 3 aliphatic heterocycles. The minimum atomic E-state index is -0.972. The van der Waals surface area contributed by atoms with Gasteiger partial charge in [0.15, 0.2) is 0 Å². The first kappa shape index (κ1) is 27.2. The molecular weight excluding hydrogens is 568 g/mol. The number of aliphatic hydroxyl groups excluding tert-OH is 1. The van der Waals surface area contributed by atoms with Crippen LogP contribution in [0, 0.1) is 11.8 Å². The zero-order valence-electron chi connectivity index (χ0n) is 21.2. The predicted octanol–water partition coefficient (Wildman–Crippen LogP) is 4.46. The molecule has 0 aliphatic carbocycles. The molecule has 3 saturated heterocycles. The van der Waals surface area contributed by atoms with Crippen LogP contribution in [0.25, 0.3) is 10.8 Å². The van der Waals surface area contributed by atoms with Crippen LogP contribution in [-0.2, 0) is 14.4 Å². The molecule has 6 atom stereocenters. The Kier molecular flexibility index (Phi) is 7.89.